The third-order valence-electron chi connectivity index (χ3n) is 12.2. The molecule has 0 heteroatoms. The molecule has 0 saturated carbocycles. The second kappa shape index (κ2) is 12.1. The van der Waals surface area contributed by atoms with Crippen molar-refractivity contribution >= 4 is 43.1 Å². The van der Waals surface area contributed by atoms with Gasteiger partial charge >= 0.3 is 0 Å². The van der Waals surface area contributed by atoms with Crippen LogP contribution in [0.3, 0.4) is 0 Å². The highest BCUT2D eigenvalue weighted by atomic mass is 14.4. The van der Waals surface area contributed by atoms with Crippen molar-refractivity contribution in [3.8, 4) is 55.6 Å². The zero-order valence-electron chi connectivity index (χ0n) is 31.0. The minimum Gasteiger partial charge on any atom is -0.0616 e. The maximum absolute atomic E-state index is 2.45. The predicted octanol–water partition coefficient (Wildman–Crippen LogP) is 15.3. The Bertz CT molecular complexity index is 3120. The molecule has 0 atom stereocenters. The van der Waals surface area contributed by atoms with E-state index in [1.807, 2.05) is 0 Å². The van der Waals surface area contributed by atoms with Crippen LogP contribution < -0.4 is 0 Å². The number of hydrogen-bond donors (Lipinski definition) is 0. The van der Waals surface area contributed by atoms with Crippen LogP contribution in [0.25, 0.3) is 98.7 Å². The molecule has 1 aliphatic rings. The number of benzene rings is 10. The largest absolute Gasteiger partial charge is 0.0616 e. The molecule has 55 heavy (non-hydrogen) atoms. The lowest BCUT2D eigenvalue weighted by molar-refractivity contribution is 0.661. The highest BCUT2D eigenvalue weighted by molar-refractivity contribution is 6.21. The van der Waals surface area contributed by atoms with E-state index in [0.717, 1.165) is 0 Å². The Labute approximate surface area is 322 Å². The molecule has 11 rings (SSSR count). The van der Waals surface area contributed by atoms with E-state index in [9.17, 15) is 0 Å². The lowest BCUT2D eigenvalue weighted by Gasteiger charge is -2.22. The van der Waals surface area contributed by atoms with Crippen molar-refractivity contribution in [2.75, 3.05) is 0 Å². The summed E-state index contributed by atoms with van der Waals surface area (Å²) >= 11 is 0. The van der Waals surface area contributed by atoms with Crippen molar-refractivity contribution < 1.29 is 0 Å². The average Bonchev–Trinajstić information content (AvgIpc) is 3.48. The Morgan fingerprint density at radius 1 is 0.273 bits per heavy atom. The SMILES string of the molecule is CC1(C)c2cc(-c3cccc(-c4c5ccccc5c(-c5cccc(-c6ccc7ccccc7c6)c5)c5ccccc45)c3)ccc2-c2c1ccc1ccccc21. The van der Waals surface area contributed by atoms with E-state index in [1.54, 1.807) is 0 Å². The molecule has 258 valence electrons. The average molecular weight is 699 g/mol. The van der Waals surface area contributed by atoms with Gasteiger partial charge in [0.2, 0.25) is 0 Å². The van der Waals surface area contributed by atoms with Crippen molar-refractivity contribution in [1.29, 1.82) is 0 Å². The fourth-order valence-corrected chi connectivity index (χ4v) is 9.51. The minimum atomic E-state index is -0.0871. The molecule has 0 radical (unpaired) electrons. The standard InChI is InChI=1S/C55H38/c1-55(2)50-30-28-36-14-5-6-20-44(36)54(50)49-29-27-41(34-51(49)55)39-17-12-19-43(33-39)53-47-23-9-7-21-45(47)52(46-22-8-10-24-48(46)53)42-18-11-16-38(32-42)40-26-25-35-13-3-4-15-37(35)31-40/h3-34H,1-2H3. The van der Waals surface area contributed by atoms with Crippen molar-refractivity contribution in [1.82, 2.24) is 0 Å². The molecule has 1 aliphatic carbocycles. The molecule has 0 nitrogen and oxygen atoms in total. The summed E-state index contributed by atoms with van der Waals surface area (Å²) in [6.07, 6.45) is 0. The summed E-state index contributed by atoms with van der Waals surface area (Å²) < 4.78 is 0. The first-order chi connectivity index (χ1) is 27.0. The molecule has 0 fully saturated rings. The fraction of sp³-hybridized carbons (Fsp3) is 0.0545. The third kappa shape index (κ3) is 4.92. The molecule has 0 N–H and O–H groups in total. The van der Waals surface area contributed by atoms with Crippen LogP contribution in [-0.4, -0.2) is 0 Å². The Balaban J connectivity index is 1.06. The van der Waals surface area contributed by atoms with E-state index in [1.165, 1.54) is 110 Å². The van der Waals surface area contributed by atoms with Crippen LogP contribution in [-0.2, 0) is 5.41 Å². The van der Waals surface area contributed by atoms with E-state index in [-0.39, 0.29) is 5.41 Å². The Kier molecular flexibility index (Phi) is 7.00. The quantitative estimate of drug-likeness (QED) is 0.161. The van der Waals surface area contributed by atoms with E-state index in [4.69, 9.17) is 0 Å². The maximum atomic E-state index is 2.45. The summed E-state index contributed by atoms with van der Waals surface area (Å²) in [6.45, 7) is 4.76. The van der Waals surface area contributed by atoms with E-state index >= 15 is 0 Å². The van der Waals surface area contributed by atoms with Crippen molar-refractivity contribution in [2.45, 2.75) is 19.3 Å². The second-order valence-electron chi connectivity index (χ2n) is 15.7. The molecule has 0 unspecified atom stereocenters. The second-order valence-corrected chi connectivity index (χ2v) is 15.7. The van der Waals surface area contributed by atoms with Crippen molar-refractivity contribution in [2.24, 2.45) is 0 Å². The van der Waals surface area contributed by atoms with Gasteiger partial charge in [-0.3, -0.25) is 0 Å². The minimum absolute atomic E-state index is 0.0871. The summed E-state index contributed by atoms with van der Waals surface area (Å²) in [5.74, 6) is 0. The normalized spacial score (nSPS) is 13.1. The predicted molar refractivity (Wildman–Crippen MR) is 236 cm³/mol. The van der Waals surface area contributed by atoms with Gasteiger partial charge in [-0.2, -0.15) is 0 Å². The smallest absolute Gasteiger partial charge is 0.0159 e. The molecule has 0 aromatic heterocycles. The highest BCUT2D eigenvalue weighted by Gasteiger charge is 2.36. The first kappa shape index (κ1) is 31.7. The first-order valence-corrected chi connectivity index (χ1v) is 19.3. The summed E-state index contributed by atoms with van der Waals surface area (Å²) in [5.41, 5.74) is 15.4. The van der Waals surface area contributed by atoms with Gasteiger partial charge < -0.3 is 0 Å². The fourth-order valence-electron chi connectivity index (χ4n) is 9.51. The van der Waals surface area contributed by atoms with Crippen LogP contribution in [0.1, 0.15) is 25.0 Å². The summed E-state index contributed by atoms with van der Waals surface area (Å²) in [6, 6.07) is 72.2. The summed E-state index contributed by atoms with van der Waals surface area (Å²) in [5, 5.41) is 10.2. The van der Waals surface area contributed by atoms with Crippen LogP contribution in [0, 0.1) is 0 Å². The summed E-state index contributed by atoms with van der Waals surface area (Å²) in [4.78, 5) is 0. The van der Waals surface area contributed by atoms with Crippen molar-refractivity contribution in [3.05, 3.63) is 205 Å². The Morgan fingerprint density at radius 3 is 1.35 bits per heavy atom. The molecule has 10 aromatic carbocycles. The van der Waals surface area contributed by atoms with Gasteiger partial charge in [0.05, 0.1) is 0 Å². The molecule has 0 aliphatic heterocycles. The maximum Gasteiger partial charge on any atom is 0.0159 e. The molecule has 0 amide bonds. The molecule has 0 saturated heterocycles. The number of rotatable bonds is 4. The van der Waals surface area contributed by atoms with Gasteiger partial charge in [-0.15, -0.1) is 0 Å². The van der Waals surface area contributed by atoms with Gasteiger partial charge in [0, 0.05) is 5.41 Å². The molecular weight excluding hydrogens is 661 g/mol. The molecule has 0 bridgehead atoms. The first-order valence-electron chi connectivity index (χ1n) is 19.3. The summed E-state index contributed by atoms with van der Waals surface area (Å²) in [7, 11) is 0. The Hall–Kier alpha value is -6.76. The van der Waals surface area contributed by atoms with E-state index < -0.39 is 0 Å². The third-order valence-corrected chi connectivity index (χ3v) is 12.2. The van der Waals surface area contributed by atoms with Gasteiger partial charge in [0.25, 0.3) is 0 Å². The number of fused-ring (bicyclic) bond motifs is 8. The van der Waals surface area contributed by atoms with Crippen LogP contribution in [0.2, 0.25) is 0 Å². The molecular formula is C55H38. The molecule has 0 spiro atoms. The van der Waals surface area contributed by atoms with Gasteiger partial charge in [0.1, 0.15) is 0 Å². The van der Waals surface area contributed by atoms with Crippen LogP contribution in [0.5, 0.6) is 0 Å². The molecule has 10 aromatic rings. The van der Waals surface area contributed by atoms with Crippen LogP contribution in [0.4, 0.5) is 0 Å². The topological polar surface area (TPSA) is 0 Å². The zero-order chi connectivity index (χ0) is 36.7. The number of hydrogen-bond acceptors (Lipinski definition) is 0. The van der Waals surface area contributed by atoms with Gasteiger partial charge in [-0.1, -0.05) is 184 Å². The lowest BCUT2D eigenvalue weighted by atomic mass is 9.81. The van der Waals surface area contributed by atoms with Gasteiger partial charge in [0.15, 0.2) is 0 Å². The van der Waals surface area contributed by atoms with Crippen LogP contribution in [0.15, 0.2) is 194 Å². The van der Waals surface area contributed by atoms with Crippen molar-refractivity contribution in [3.63, 3.8) is 0 Å². The Morgan fingerprint density at radius 2 is 0.727 bits per heavy atom. The van der Waals surface area contributed by atoms with Gasteiger partial charge in [-0.25, -0.2) is 0 Å². The highest BCUT2D eigenvalue weighted by Crippen LogP contribution is 2.52. The van der Waals surface area contributed by atoms with Gasteiger partial charge in [-0.05, 0) is 134 Å². The van der Waals surface area contributed by atoms with E-state index in [0.29, 0.717) is 0 Å². The monoisotopic (exact) mass is 698 g/mol. The van der Waals surface area contributed by atoms with Crippen LogP contribution >= 0.6 is 0 Å². The van der Waals surface area contributed by atoms with E-state index in [2.05, 4.69) is 208 Å². The lowest BCUT2D eigenvalue weighted by Crippen LogP contribution is -2.15. The zero-order valence-corrected chi connectivity index (χ0v) is 31.0. The molecule has 0 heterocycles.